The summed E-state index contributed by atoms with van der Waals surface area (Å²) in [6, 6.07) is 36.8. The lowest BCUT2D eigenvalue weighted by molar-refractivity contribution is 1.29. The Labute approximate surface area is 187 Å². The van der Waals surface area contributed by atoms with Gasteiger partial charge in [0.2, 0.25) is 0 Å². The number of hydrogen-bond acceptors (Lipinski definition) is 4. The summed E-state index contributed by atoms with van der Waals surface area (Å²) in [7, 11) is 0. The highest BCUT2D eigenvalue weighted by molar-refractivity contribution is 5.92. The second-order valence-corrected chi connectivity index (χ2v) is 7.89. The van der Waals surface area contributed by atoms with Gasteiger partial charge in [-0.1, -0.05) is 30.3 Å². The predicted octanol–water partition coefficient (Wildman–Crippen LogP) is 6.72. The molecule has 5 aromatic carbocycles. The minimum atomic E-state index is 0.736. The van der Waals surface area contributed by atoms with Crippen molar-refractivity contribution in [1.82, 2.24) is 0 Å². The molecule has 156 valence electrons. The largest absolute Gasteiger partial charge is 0.399 e. The van der Waals surface area contributed by atoms with Gasteiger partial charge < -0.3 is 22.1 Å². The number of nitrogens with zero attached hydrogens (tertiary/aromatic N) is 1. The van der Waals surface area contributed by atoms with Crippen molar-refractivity contribution < 1.29 is 0 Å². The van der Waals surface area contributed by atoms with E-state index in [1.165, 1.54) is 10.9 Å². The van der Waals surface area contributed by atoms with Crippen LogP contribution in [0, 0.1) is 0 Å². The molecule has 0 aromatic heterocycles. The minimum Gasteiger partial charge on any atom is -0.399 e. The zero-order valence-electron chi connectivity index (χ0n) is 17.6. The minimum absolute atomic E-state index is 0.736. The zero-order chi connectivity index (χ0) is 22.1. The number of rotatable bonds is 4. The fourth-order valence-electron chi connectivity index (χ4n) is 3.92. The summed E-state index contributed by atoms with van der Waals surface area (Å²) in [6.07, 6.45) is 0. The van der Waals surface area contributed by atoms with Crippen molar-refractivity contribution >= 4 is 44.9 Å². The van der Waals surface area contributed by atoms with Crippen LogP contribution >= 0.6 is 0 Å². The summed E-state index contributed by atoms with van der Waals surface area (Å²) in [5.74, 6) is 0. The third kappa shape index (κ3) is 3.82. The number of nitrogens with two attached hydrogens (primary N) is 3. The molecule has 4 heteroatoms. The van der Waals surface area contributed by atoms with Crippen molar-refractivity contribution in [2.45, 2.75) is 0 Å². The maximum absolute atomic E-state index is 5.93. The maximum Gasteiger partial charge on any atom is 0.0468 e. The Bertz CT molecular complexity index is 1330. The smallest absolute Gasteiger partial charge is 0.0468 e. The number of nitrogen functional groups attached to an aromatic ring is 3. The summed E-state index contributed by atoms with van der Waals surface area (Å²) in [4.78, 5) is 2.20. The highest BCUT2D eigenvalue weighted by atomic mass is 15.1. The second-order valence-electron chi connectivity index (χ2n) is 7.89. The van der Waals surface area contributed by atoms with E-state index < -0.39 is 0 Å². The van der Waals surface area contributed by atoms with Crippen molar-refractivity contribution in [3.8, 4) is 11.1 Å². The first-order chi connectivity index (χ1) is 15.6. The highest BCUT2D eigenvalue weighted by Crippen LogP contribution is 2.37. The normalized spacial score (nSPS) is 10.9. The summed E-state index contributed by atoms with van der Waals surface area (Å²) >= 11 is 0. The van der Waals surface area contributed by atoms with E-state index in [9.17, 15) is 0 Å². The Morgan fingerprint density at radius 2 is 0.781 bits per heavy atom. The summed E-state index contributed by atoms with van der Waals surface area (Å²) < 4.78 is 0. The molecule has 0 radical (unpaired) electrons. The van der Waals surface area contributed by atoms with E-state index in [1.54, 1.807) is 0 Å². The van der Waals surface area contributed by atoms with Gasteiger partial charge in [-0.2, -0.15) is 0 Å². The number of fused-ring (bicyclic) bond motifs is 1. The Morgan fingerprint density at radius 3 is 1.34 bits per heavy atom. The lowest BCUT2D eigenvalue weighted by atomic mass is 10.0. The molecule has 5 aromatic rings. The van der Waals surface area contributed by atoms with Crippen LogP contribution in [0.3, 0.4) is 0 Å². The molecule has 0 heterocycles. The first kappa shape index (κ1) is 19.5. The van der Waals surface area contributed by atoms with E-state index in [-0.39, 0.29) is 0 Å². The Kier molecular flexibility index (Phi) is 4.88. The van der Waals surface area contributed by atoms with E-state index in [4.69, 9.17) is 17.2 Å². The molecule has 0 saturated carbocycles. The van der Waals surface area contributed by atoms with Crippen LogP contribution in [-0.2, 0) is 0 Å². The summed E-state index contributed by atoms with van der Waals surface area (Å²) in [5, 5.41) is 2.34. The molecule has 4 nitrogen and oxygen atoms in total. The third-order valence-corrected chi connectivity index (χ3v) is 5.63. The highest BCUT2D eigenvalue weighted by Gasteiger charge is 2.13. The molecule has 0 aliphatic carbocycles. The van der Waals surface area contributed by atoms with Gasteiger partial charge in [-0.25, -0.2) is 0 Å². The van der Waals surface area contributed by atoms with E-state index in [1.807, 2.05) is 60.7 Å². The lowest BCUT2D eigenvalue weighted by Crippen LogP contribution is -2.10. The molecule has 0 saturated heterocycles. The molecule has 0 spiro atoms. The molecular formula is C28H24N4. The molecule has 0 aliphatic heterocycles. The number of hydrogen-bond donors (Lipinski definition) is 3. The molecule has 0 unspecified atom stereocenters. The van der Waals surface area contributed by atoms with Gasteiger partial charge in [-0.05, 0) is 101 Å². The van der Waals surface area contributed by atoms with E-state index in [0.717, 1.165) is 45.1 Å². The van der Waals surface area contributed by atoms with Crippen LogP contribution in [0.2, 0.25) is 0 Å². The molecule has 0 aliphatic rings. The van der Waals surface area contributed by atoms with Gasteiger partial charge in [-0.3, -0.25) is 0 Å². The van der Waals surface area contributed by atoms with E-state index in [2.05, 4.69) is 53.4 Å². The molecule has 5 rings (SSSR count). The number of anilines is 6. The molecule has 0 fully saturated rings. The van der Waals surface area contributed by atoms with Crippen LogP contribution in [0.1, 0.15) is 0 Å². The van der Waals surface area contributed by atoms with Gasteiger partial charge in [0.15, 0.2) is 0 Å². The van der Waals surface area contributed by atoms with Gasteiger partial charge in [0.05, 0.1) is 0 Å². The molecule has 0 amide bonds. The molecule has 6 N–H and O–H groups in total. The van der Waals surface area contributed by atoms with Gasteiger partial charge in [0, 0.05) is 34.1 Å². The van der Waals surface area contributed by atoms with Gasteiger partial charge >= 0.3 is 0 Å². The molecule has 0 bridgehead atoms. The fourth-order valence-corrected chi connectivity index (χ4v) is 3.92. The monoisotopic (exact) mass is 416 g/mol. The Hall–Kier alpha value is -4.44. The van der Waals surface area contributed by atoms with Gasteiger partial charge in [-0.15, -0.1) is 0 Å². The van der Waals surface area contributed by atoms with Crippen LogP contribution in [0.4, 0.5) is 34.1 Å². The zero-order valence-corrected chi connectivity index (χ0v) is 17.6. The average Bonchev–Trinajstić information content (AvgIpc) is 2.82. The first-order valence-corrected chi connectivity index (χ1v) is 10.5. The van der Waals surface area contributed by atoms with Crippen LogP contribution in [0.25, 0.3) is 21.9 Å². The predicted molar refractivity (Wildman–Crippen MR) is 137 cm³/mol. The average molecular weight is 417 g/mol. The van der Waals surface area contributed by atoms with Crippen LogP contribution in [-0.4, -0.2) is 0 Å². The Morgan fingerprint density at radius 1 is 0.375 bits per heavy atom. The second kappa shape index (κ2) is 8.00. The van der Waals surface area contributed by atoms with Crippen molar-refractivity contribution in [2.24, 2.45) is 0 Å². The molecule has 32 heavy (non-hydrogen) atoms. The maximum atomic E-state index is 5.93. The van der Waals surface area contributed by atoms with E-state index >= 15 is 0 Å². The SMILES string of the molecule is Nc1ccc(-c2ccc3cc(N(c4ccc(N)cc4)c4ccc(N)cc4)ccc3c2)cc1. The summed E-state index contributed by atoms with van der Waals surface area (Å²) in [5.41, 5.74) is 25.4. The molecular weight excluding hydrogens is 392 g/mol. The van der Waals surface area contributed by atoms with Crippen molar-refractivity contribution in [1.29, 1.82) is 0 Å². The topological polar surface area (TPSA) is 81.3 Å². The van der Waals surface area contributed by atoms with Crippen molar-refractivity contribution in [3.05, 3.63) is 109 Å². The van der Waals surface area contributed by atoms with Gasteiger partial charge in [0.25, 0.3) is 0 Å². The van der Waals surface area contributed by atoms with Gasteiger partial charge in [0.1, 0.15) is 0 Å². The van der Waals surface area contributed by atoms with Crippen molar-refractivity contribution in [2.75, 3.05) is 22.1 Å². The third-order valence-electron chi connectivity index (χ3n) is 5.63. The van der Waals surface area contributed by atoms with Crippen LogP contribution in [0.15, 0.2) is 109 Å². The number of benzene rings is 5. The van der Waals surface area contributed by atoms with Crippen LogP contribution in [0.5, 0.6) is 0 Å². The Balaban J connectivity index is 1.59. The molecule has 0 atom stereocenters. The van der Waals surface area contributed by atoms with E-state index in [0.29, 0.717) is 0 Å². The standard InChI is InChI=1S/C28H24N4/c29-23-6-3-19(4-7-23)20-1-2-22-18-28(12-5-21(22)17-20)32(26-13-8-24(30)9-14-26)27-15-10-25(31)11-16-27/h1-18H,29-31H2. The first-order valence-electron chi connectivity index (χ1n) is 10.5. The van der Waals surface area contributed by atoms with Crippen molar-refractivity contribution in [3.63, 3.8) is 0 Å². The van der Waals surface area contributed by atoms with Crippen LogP contribution < -0.4 is 22.1 Å². The summed E-state index contributed by atoms with van der Waals surface area (Å²) in [6.45, 7) is 0. The lowest BCUT2D eigenvalue weighted by Gasteiger charge is -2.26. The quantitative estimate of drug-likeness (QED) is 0.284. The fraction of sp³-hybridized carbons (Fsp3) is 0.